The summed E-state index contributed by atoms with van der Waals surface area (Å²) in [5.74, 6) is -0.0654. The summed E-state index contributed by atoms with van der Waals surface area (Å²) in [6.07, 6.45) is 4.58. The molecule has 0 aromatic rings. The monoisotopic (exact) mass is 213 g/mol. The molecule has 1 saturated carbocycles. The van der Waals surface area contributed by atoms with Crippen LogP contribution in [0.2, 0.25) is 0 Å². The maximum atomic E-state index is 11.7. The highest BCUT2D eigenvalue weighted by Crippen LogP contribution is 2.45. The molecule has 1 rings (SSSR count). The first-order valence-corrected chi connectivity index (χ1v) is 5.43. The predicted molar refractivity (Wildman–Crippen MR) is 57.6 cm³/mol. The third-order valence-corrected chi connectivity index (χ3v) is 2.85. The lowest BCUT2D eigenvalue weighted by Crippen LogP contribution is -2.41. The molecule has 0 aromatic heterocycles. The molecule has 0 unspecified atom stereocenters. The van der Waals surface area contributed by atoms with E-state index in [1.54, 1.807) is 0 Å². The van der Waals surface area contributed by atoms with Crippen LogP contribution in [-0.4, -0.2) is 23.5 Å². The van der Waals surface area contributed by atoms with E-state index in [2.05, 4.69) is 17.4 Å². The van der Waals surface area contributed by atoms with Crippen LogP contribution in [0.25, 0.3) is 0 Å². The molecule has 5 heteroatoms. The molecule has 0 aromatic carbocycles. The molecule has 0 atom stereocenters. The van der Waals surface area contributed by atoms with Crippen LogP contribution >= 0.6 is 0 Å². The van der Waals surface area contributed by atoms with Gasteiger partial charge in [-0.05, 0) is 19.3 Å². The van der Waals surface area contributed by atoms with Gasteiger partial charge in [-0.15, -0.1) is 0 Å². The summed E-state index contributed by atoms with van der Waals surface area (Å²) in [6, 6.07) is 0. The van der Waals surface area contributed by atoms with E-state index in [-0.39, 0.29) is 11.7 Å². The van der Waals surface area contributed by atoms with Crippen LogP contribution < -0.4 is 11.1 Å². The minimum atomic E-state index is -0.707. The minimum absolute atomic E-state index is 0.0375. The smallest absolute Gasteiger partial charge is 0.233 e. The number of hydrogen-bond donors (Lipinski definition) is 3. The Morgan fingerprint density at radius 3 is 2.67 bits per heavy atom. The molecule has 1 amide bonds. The van der Waals surface area contributed by atoms with Crippen LogP contribution in [0.15, 0.2) is 5.16 Å². The second kappa shape index (κ2) is 5.00. The van der Waals surface area contributed by atoms with Crippen molar-refractivity contribution >= 4 is 11.7 Å². The number of carbonyl (C=O) groups is 1. The average Bonchev–Trinajstić information content (AvgIpc) is 3.04. The molecular formula is C10H19N3O2. The maximum absolute atomic E-state index is 11.7. The van der Waals surface area contributed by atoms with Gasteiger partial charge in [-0.1, -0.05) is 24.9 Å². The predicted octanol–water partition coefficient (Wildman–Crippen LogP) is 0.819. The minimum Gasteiger partial charge on any atom is -0.409 e. The third kappa shape index (κ3) is 2.61. The summed E-state index contributed by atoms with van der Waals surface area (Å²) < 4.78 is 0. The number of rotatable bonds is 6. The van der Waals surface area contributed by atoms with Gasteiger partial charge in [-0.25, -0.2) is 0 Å². The molecule has 0 heterocycles. The van der Waals surface area contributed by atoms with Gasteiger partial charge in [0.1, 0.15) is 5.41 Å². The second-order valence-corrected chi connectivity index (χ2v) is 4.03. The second-order valence-electron chi connectivity index (χ2n) is 4.03. The average molecular weight is 213 g/mol. The molecular weight excluding hydrogens is 194 g/mol. The van der Waals surface area contributed by atoms with E-state index in [1.807, 2.05) is 0 Å². The Morgan fingerprint density at radius 1 is 1.53 bits per heavy atom. The van der Waals surface area contributed by atoms with Crippen molar-refractivity contribution in [2.75, 3.05) is 6.54 Å². The van der Waals surface area contributed by atoms with Gasteiger partial charge in [0.05, 0.1) is 0 Å². The number of amidine groups is 1. The molecule has 0 spiro atoms. The van der Waals surface area contributed by atoms with E-state index in [0.717, 1.165) is 19.3 Å². The molecule has 86 valence electrons. The Kier molecular flexibility index (Phi) is 3.94. The zero-order valence-corrected chi connectivity index (χ0v) is 9.12. The van der Waals surface area contributed by atoms with Crippen LogP contribution in [-0.2, 0) is 4.79 Å². The third-order valence-electron chi connectivity index (χ3n) is 2.85. The van der Waals surface area contributed by atoms with Gasteiger partial charge in [-0.2, -0.15) is 0 Å². The number of nitrogens with two attached hydrogens (primary N) is 1. The van der Waals surface area contributed by atoms with Crippen molar-refractivity contribution in [2.45, 2.75) is 39.0 Å². The number of oxime groups is 1. The van der Waals surface area contributed by atoms with E-state index < -0.39 is 5.41 Å². The quantitative estimate of drug-likeness (QED) is 0.201. The van der Waals surface area contributed by atoms with E-state index in [9.17, 15) is 4.79 Å². The lowest BCUT2D eigenvalue weighted by molar-refractivity contribution is -0.124. The summed E-state index contributed by atoms with van der Waals surface area (Å²) in [6.45, 7) is 2.79. The van der Waals surface area contributed by atoms with Crippen molar-refractivity contribution in [3.63, 3.8) is 0 Å². The highest BCUT2D eigenvalue weighted by atomic mass is 16.4. The van der Waals surface area contributed by atoms with Gasteiger partial charge in [0.15, 0.2) is 5.84 Å². The summed E-state index contributed by atoms with van der Waals surface area (Å²) in [5.41, 5.74) is 4.78. The molecule has 1 fully saturated rings. The fourth-order valence-corrected chi connectivity index (χ4v) is 1.57. The van der Waals surface area contributed by atoms with Crippen LogP contribution in [0.3, 0.4) is 0 Å². The number of unbranched alkanes of at least 4 members (excludes halogenated alkanes) is 2. The summed E-state index contributed by atoms with van der Waals surface area (Å²) >= 11 is 0. The Hall–Kier alpha value is -1.26. The topological polar surface area (TPSA) is 87.7 Å². The number of carbonyl (C=O) groups excluding carboxylic acids is 1. The highest BCUT2D eigenvalue weighted by molar-refractivity contribution is 6.09. The molecule has 1 aliphatic carbocycles. The van der Waals surface area contributed by atoms with E-state index in [4.69, 9.17) is 10.9 Å². The lowest BCUT2D eigenvalue weighted by atomic mass is 10.1. The van der Waals surface area contributed by atoms with E-state index in [1.165, 1.54) is 0 Å². The Morgan fingerprint density at radius 2 is 2.20 bits per heavy atom. The van der Waals surface area contributed by atoms with Crippen LogP contribution in [0.1, 0.15) is 39.0 Å². The van der Waals surface area contributed by atoms with Crippen molar-refractivity contribution in [3.8, 4) is 0 Å². The van der Waals surface area contributed by atoms with E-state index >= 15 is 0 Å². The molecule has 0 radical (unpaired) electrons. The molecule has 5 nitrogen and oxygen atoms in total. The fourth-order valence-electron chi connectivity index (χ4n) is 1.57. The molecule has 0 aliphatic heterocycles. The Bertz CT molecular complexity index is 259. The van der Waals surface area contributed by atoms with Gasteiger partial charge in [0, 0.05) is 6.54 Å². The number of nitrogens with one attached hydrogen (secondary N) is 1. The van der Waals surface area contributed by atoms with Crippen molar-refractivity contribution < 1.29 is 10.0 Å². The molecule has 1 aliphatic rings. The summed E-state index contributed by atoms with van der Waals surface area (Å²) in [7, 11) is 0. The van der Waals surface area contributed by atoms with Crippen molar-refractivity contribution in [1.29, 1.82) is 0 Å². The Labute approximate surface area is 89.7 Å². The highest BCUT2D eigenvalue weighted by Gasteiger charge is 2.53. The SMILES string of the molecule is CCCCCNC(=O)C1(C(N)=NO)CC1. The maximum Gasteiger partial charge on any atom is 0.233 e. The lowest BCUT2D eigenvalue weighted by Gasteiger charge is -2.13. The van der Waals surface area contributed by atoms with Gasteiger partial charge < -0.3 is 16.3 Å². The van der Waals surface area contributed by atoms with Crippen molar-refractivity contribution in [2.24, 2.45) is 16.3 Å². The Balaban J connectivity index is 2.34. The van der Waals surface area contributed by atoms with Crippen molar-refractivity contribution in [1.82, 2.24) is 5.32 Å². The normalized spacial score (nSPS) is 18.6. The van der Waals surface area contributed by atoms with Crippen LogP contribution in [0.5, 0.6) is 0 Å². The number of amides is 1. The zero-order valence-electron chi connectivity index (χ0n) is 9.12. The first-order valence-electron chi connectivity index (χ1n) is 5.43. The van der Waals surface area contributed by atoms with Gasteiger partial charge in [0.2, 0.25) is 5.91 Å². The molecule has 4 N–H and O–H groups in total. The van der Waals surface area contributed by atoms with Crippen molar-refractivity contribution in [3.05, 3.63) is 0 Å². The van der Waals surface area contributed by atoms with Gasteiger partial charge >= 0.3 is 0 Å². The van der Waals surface area contributed by atoms with Gasteiger partial charge in [0.25, 0.3) is 0 Å². The zero-order chi connectivity index (χ0) is 11.3. The first-order chi connectivity index (χ1) is 7.17. The standard InChI is InChI=1S/C10H19N3O2/c1-2-3-4-7-12-9(14)10(5-6-10)8(11)13-15/h15H,2-7H2,1H3,(H2,11,13)(H,12,14). The number of hydrogen-bond acceptors (Lipinski definition) is 3. The summed E-state index contributed by atoms with van der Waals surface area (Å²) in [4.78, 5) is 11.7. The molecule has 0 bridgehead atoms. The van der Waals surface area contributed by atoms with Gasteiger partial charge in [-0.3, -0.25) is 4.79 Å². The molecule has 15 heavy (non-hydrogen) atoms. The fraction of sp³-hybridized carbons (Fsp3) is 0.800. The largest absolute Gasteiger partial charge is 0.409 e. The van der Waals surface area contributed by atoms with E-state index in [0.29, 0.717) is 19.4 Å². The van der Waals surface area contributed by atoms with Crippen LogP contribution in [0, 0.1) is 5.41 Å². The summed E-state index contributed by atoms with van der Waals surface area (Å²) in [5, 5.41) is 14.3. The van der Waals surface area contributed by atoms with Crippen LogP contribution in [0.4, 0.5) is 0 Å². The number of nitrogens with zero attached hydrogens (tertiary/aromatic N) is 1. The first kappa shape index (κ1) is 11.8. The molecule has 0 saturated heterocycles.